The molecule has 1 aromatic rings. The highest BCUT2D eigenvalue weighted by Crippen LogP contribution is 2.36. The van der Waals surface area contributed by atoms with E-state index in [2.05, 4.69) is 30.0 Å². The Hall–Kier alpha value is -1.06. The van der Waals surface area contributed by atoms with Crippen molar-refractivity contribution in [1.29, 1.82) is 0 Å². The van der Waals surface area contributed by atoms with Crippen LogP contribution in [0.15, 0.2) is 24.3 Å². The summed E-state index contributed by atoms with van der Waals surface area (Å²) >= 11 is 0. The van der Waals surface area contributed by atoms with Crippen molar-refractivity contribution in [2.45, 2.75) is 44.2 Å². The zero-order valence-corrected chi connectivity index (χ0v) is 12.6. The van der Waals surface area contributed by atoms with Gasteiger partial charge in [-0.15, -0.1) is 0 Å². The smallest absolute Gasteiger partial charge is 0.119 e. The van der Waals surface area contributed by atoms with E-state index in [0.717, 1.165) is 37.2 Å². The Morgan fingerprint density at radius 1 is 1.25 bits per heavy atom. The molecule has 1 saturated carbocycles. The van der Waals surface area contributed by atoms with E-state index in [4.69, 9.17) is 10.5 Å². The molecular weight excluding hydrogens is 248 g/mol. The minimum Gasteiger partial charge on any atom is -0.497 e. The minimum absolute atomic E-state index is 0.299. The molecule has 2 aliphatic rings. The third-order valence-electron chi connectivity index (χ3n) is 5.12. The fourth-order valence-corrected chi connectivity index (χ4v) is 3.77. The molecule has 1 aliphatic carbocycles. The van der Waals surface area contributed by atoms with Gasteiger partial charge in [-0.05, 0) is 48.8 Å². The molecule has 4 unspecified atom stereocenters. The summed E-state index contributed by atoms with van der Waals surface area (Å²) in [4.78, 5) is 2.63. The molecular formula is C17H26N2O. The topological polar surface area (TPSA) is 38.5 Å². The standard InChI is InChI=1S/C17H26N2O/c1-12-6-7-17(12)19-10-14(8-15(18)11-19)13-4-3-5-16(9-13)20-2/h3-5,9,12,14-15,17H,6-8,10-11,18H2,1-2H3. The summed E-state index contributed by atoms with van der Waals surface area (Å²) < 4.78 is 5.35. The van der Waals surface area contributed by atoms with Gasteiger partial charge in [-0.1, -0.05) is 19.1 Å². The Labute approximate surface area is 122 Å². The predicted octanol–water partition coefficient (Wildman–Crippen LogP) is 2.61. The summed E-state index contributed by atoms with van der Waals surface area (Å²) in [6.45, 7) is 4.58. The first-order valence-electron chi connectivity index (χ1n) is 7.81. The quantitative estimate of drug-likeness (QED) is 0.921. The Bertz CT molecular complexity index is 462. The van der Waals surface area contributed by atoms with E-state index in [1.165, 1.54) is 18.4 Å². The van der Waals surface area contributed by atoms with Crippen molar-refractivity contribution < 1.29 is 4.74 Å². The number of nitrogens with two attached hydrogens (primary N) is 1. The second-order valence-corrected chi connectivity index (χ2v) is 6.55. The third-order valence-corrected chi connectivity index (χ3v) is 5.12. The van der Waals surface area contributed by atoms with Gasteiger partial charge in [0, 0.05) is 25.2 Å². The molecule has 4 atom stereocenters. The van der Waals surface area contributed by atoms with Crippen molar-refractivity contribution in [1.82, 2.24) is 4.90 Å². The molecule has 0 aromatic heterocycles. The van der Waals surface area contributed by atoms with E-state index in [1.54, 1.807) is 7.11 Å². The molecule has 0 spiro atoms. The molecule has 20 heavy (non-hydrogen) atoms. The first kappa shape index (κ1) is 13.9. The summed E-state index contributed by atoms with van der Waals surface area (Å²) in [6.07, 6.45) is 3.81. The maximum absolute atomic E-state index is 6.31. The van der Waals surface area contributed by atoms with Gasteiger partial charge < -0.3 is 10.5 Å². The molecule has 2 N–H and O–H groups in total. The van der Waals surface area contributed by atoms with Crippen LogP contribution < -0.4 is 10.5 Å². The van der Waals surface area contributed by atoms with Gasteiger partial charge >= 0.3 is 0 Å². The minimum atomic E-state index is 0.299. The number of benzene rings is 1. The Morgan fingerprint density at radius 3 is 2.75 bits per heavy atom. The Morgan fingerprint density at radius 2 is 2.10 bits per heavy atom. The van der Waals surface area contributed by atoms with Crippen LogP contribution in [0.3, 0.4) is 0 Å². The van der Waals surface area contributed by atoms with Crippen LogP contribution in [0.4, 0.5) is 0 Å². The van der Waals surface area contributed by atoms with Gasteiger partial charge in [0.2, 0.25) is 0 Å². The van der Waals surface area contributed by atoms with E-state index in [-0.39, 0.29) is 0 Å². The van der Waals surface area contributed by atoms with Crippen LogP contribution in [0.2, 0.25) is 0 Å². The largest absolute Gasteiger partial charge is 0.497 e. The van der Waals surface area contributed by atoms with E-state index in [9.17, 15) is 0 Å². The van der Waals surface area contributed by atoms with E-state index < -0.39 is 0 Å². The fraction of sp³-hybridized carbons (Fsp3) is 0.647. The van der Waals surface area contributed by atoms with Gasteiger partial charge in [-0.25, -0.2) is 0 Å². The number of likely N-dealkylation sites (tertiary alicyclic amines) is 1. The van der Waals surface area contributed by atoms with Crippen LogP contribution in [-0.2, 0) is 0 Å². The number of ether oxygens (including phenoxy) is 1. The number of hydrogen-bond acceptors (Lipinski definition) is 3. The molecule has 3 heteroatoms. The van der Waals surface area contributed by atoms with Gasteiger partial charge in [0.25, 0.3) is 0 Å². The van der Waals surface area contributed by atoms with Crippen molar-refractivity contribution in [3.63, 3.8) is 0 Å². The van der Waals surface area contributed by atoms with Gasteiger partial charge in [0.15, 0.2) is 0 Å². The Balaban J connectivity index is 1.75. The average Bonchev–Trinajstić information content (AvgIpc) is 2.45. The number of methoxy groups -OCH3 is 1. The molecule has 1 aromatic carbocycles. The lowest BCUT2D eigenvalue weighted by Crippen LogP contribution is -2.55. The van der Waals surface area contributed by atoms with Crippen LogP contribution in [0.25, 0.3) is 0 Å². The molecule has 3 rings (SSSR count). The highest BCUT2D eigenvalue weighted by Gasteiger charge is 2.37. The van der Waals surface area contributed by atoms with Crippen molar-refractivity contribution in [3.05, 3.63) is 29.8 Å². The lowest BCUT2D eigenvalue weighted by Gasteiger charge is -2.48. The molecule has 2 fully saturated rings. The zero-order chi connectivity index (χ0) is 14.1. The van der Waals surface area contributed by atoms with Crippen LogP contribution in [0.1, 0.15) is 37.7 Å². The summed E-state index contributed by atoms with van der Waals surface area (Å²) in [5, 5.41) is 0. The molecule has 0 bridgehead atoms. The molecule has 0 amide bonds. The van der Waals surface area contributed by atoms with E-state index in [1.807, 2.05) is 6.07 Å². The van der Waals surface area contributed by atoms with Crippen molar-refractivity contribution in [2.75, 3.05) is 20.2 Å². The monoisotopic (exact) mass is 274 g/mol. The predicted molar refractivity (Wildman–Crippen MR) is 82.1 cm³/mol. The lowest BCUT2D eigenvalue weighted by molar-refractivity contribution is 0.0419. The van der Waals surface area contributed by atoms with Crippen LogP contribution in [0, 0.1) is 5.92 Å². The summed E-state index contributed by atoms with van der Waals surface area (Å²) in [5.74, 6) is 2.33. The number of hydrogen-bond donors (Lipinski definition) is 1. The number of piperidine rings is 1. The molecule has 3 nitrogen and oxygen atoms in total. The van der Waals surface area contributed by atoms with Crippen molar-refractivity contribution in [3.8, 4) is 5.75 Å². The number of rotatable bonds is 3. The maximum atomic E-state index is 6.31. The molecule has 1 heterocycles. The highest BCUT2D eigenvalue weighted by molar-refractivity contribution is 5.31. The second kappa shape index (κ2) is 5.74. The molecule has 0 radical (unpaired) electrons. The first-order valence-corrected chi connectivity index (χ1v) is 7.81. The average molecular weight is 274 g/mol. The van der Waals surface area contributed by atoms with Gasteiger partial charge in [0.05, 0.1) is 7.11 Å². The SMILES string of the molecule is COc1cccc(C2CC(N)CN(C3CCC3C)C2)c1. The first-order chi connectivity index (χ1) is 9.67. The summed E-state index contributed by atoms with van der Waals surface area (Å²) in [5.41, 5.74) is 7.68. The Kier molecular flexibility index (Phi) is 3.99. The van der Waals surface area contributed by atoms with Crippen LogP contribution >= 0.6 is 0 Å². The van der Waals surface area contributed by atoms with Gasteiger partial charge in [0.1, 0.15) is 5.75 Å². The normalized spacial score (nSPS) is 34.5. The number of nitrogens with zero attached hydrogens (tertiary/aromatic N) is 1. The maximum Gasteiger partial charge on any atom is 0.119 e. The third kappa shape index (κ3) is 2.70. The highest BCUT2D eigenvalue weighted by atomic mass is 16.5. The van der Waals surface area contributed by atoms with Crippen molar-refractivity contribution in [2.24, 2.45) is 11.7 Å². The van der Waals surface area contributed by atoms with Crippen molar-refractivity contribution >= 4 is 0 Å². The second-order valence-electron chi connectivity index (χ2n) is 6.55. The van der Waals surface area contributed by atoms with Gasteiger partial charge in [-0.2, -0.15) is 0 Å². The zero-order valence-electron chi connectivity index (χ0n) is 12.6. The lowest BCUT2D eigenvalue weighted by atomic mass is 9.77. The molecule has 1 aliphatic heterocycles. The fourth-order valence-electron chi connectivity index (χ4n) is 3.77. The van der Waals surface area contributed by atoms with E-state index in [0.29, 0.717) is 12.0 Å². The van der Waals surface area contributed by atoms with Crippen LogP contribution in [0.5, 0.6) is 5.75 Å². The summed E-state index contributed by atoms with van der Waals surface area (Å²) in [7, 11) is 1.73. The van der Waals surface area contributed by atoms with Gasteiger partial charge in [-0.3, -0.25) is 4.90 Å². The molecule has 1 saturated heterocycles. The van der Waals surface area contributed by atoms with Crippen LogP contribution in [-0.4, -0.2) is 37.2 Å². The molecule has 110 valence electrons. The summed E-state index contributed by atoms with van der Waals surface area (Å²) in [6, 6.07) is 9.55. The van der Waals surface area contributed by atoms with E-state index >= 15 is 0 Å².